The van der Waals surface area contributed by atoms with Gasteiger partial charge in [-0.3, -0.25) is 4.40 Å². The van der Waals surface area contributed by atoms with E-state index in [1.807, 2.05) is 31.2 Å². The zero-order valence-corrected chi connectivity index (χ0v) is 12.0. The minimum Gasteiger partial charge on any atom is -0.493 e. The standard InChI is InChI=1S/C16H15N3O3/c1-2-22-12-8-4-3-6-10(12)13-14(17)19-9-5-7-11(16(20)21)15(19)18-13/h3-9H,2,17H2,1H3,(H,20,21). The largest absolute Gasteiger partial charge is 0.493 e. The molecule has 3 rings (SSSR count). The summed E-state index contributed by atoms with van der Waals surface area (Å²) in [6.07, 6.45) is 1.69. The van der Waals surface area contributed by atoms with Crippen LogP contribution in [0.3, 0.4) is 0 Å². The van der Waals surface area contributed by atoms with E-state index in [1.165, 1.54) is 6.07 Å². The van der Waals surface area contributed by atoms with Gasteiger partial charge >= 0.3 is 5.97 Å². The number of aromatic nitrogens is 2. The van der Waals surface area contributed by atoms with Crippen LogP contribution in [-0.2, 0) is 0 Å². The van der Waals surface area contributed by atoms with Gasteiger partial charge in [-0.1, -0.05) is 12.1 Å². The molecule has 0 radical (unpaired) electrons. The summed E-state index contributed by atoms with van der Waals surface area (Å²) in [4.78, 5) is 15.7. The lowest BCUT2D eigenvalue weighted by atomic mass is 10.1. The summed E-state index contributed by atoms with van der Waals surface area (Å²) in [5, 5.41) is 9.27. The average Bonchev–Trinajstić information content (AvgIpc) is 2.85. The van der Waals surface area contributed by atoms with Gasteiger partial charge in [0.2, 0.25) is 0 Å². The molecular formula is C16H15N3O3. The lowest BCUT2D eigenvalue weighted by molar-refractivity contribution is 0.0698. The number of anilines is 1. The van der Waals surface area contributed by atoms with E-state index in [2.05, 4.69) is 4.98 Å². The first-order valence-electron chi connectivity index (χ1n) is 6.85. The third-order valence-electron chi connectivity index (χ3n) is 3.36. The second kappa shape index (κ2) is 5.40. The first-order valence-corrected chi connectivity index (χ1v) is 6.85. The predicted molar refractivity (Wildman–Crippen MR) is 83.2 cm³/mol. The van der Waals surface area contributed by atoms with E-state index in [0.29, 0.717) is 29.5 Å². The second-order valence-corrected chi connectivity index (χ2v) is 4.70. The van der Waals surface area contributed by atoms with Gasteiger partial charge in [0.25, 0.3) is 0 Å². The van der Waals surface area contributed by atoms with Crippen LogP contribution in [0.2, 0.25) is 0 Å². The average molecular weight is 297 g/mol. The molecule has 0 saturated heterocycles. The number of nitrogen functional groups attached to an aromatic ring is 1. The summed E-state index contributed by atoms with van der Waals surface area (Å²) >= 11 is 0. The molecule has 0 spiro atoms. The Hall–Kier alpha value is -3.02. The molecule has 0 bridgehead atoms. The summed E-state index contributed by atoms with van der Waals surface area (Å²) in [6, 6.07) is 10.5. The number of imidazole rings is 1. The van der Waals surface area contributed by atoms with E-state index in [9.17, 15) is 9.90 Å². The van der Waals surface area contributed by atoms with Crippen molar-refractivity contribution in [2.45, 2.75) is 6.92 Å². The smallest absolute Gasteiger partial charge is 0.339 e. The van der Waals surface area contributed by atoms with Crippen LogP contribution < -0.4 is 10.5 Å². The summed E-state index contributed by atoms with van der Waals surface area (Å²) in [7, 11) is 0. The minimum atomic E-state index is -1.04. The number of carboxylic acids is 1. The van der Waals surface area contributed by atoms with Crippen LogP contribution in [0, 0.1) is 0 Å². The van der Waals surface area contributed by atoms with Crippen LogP contribution in [0.25, 0.3) is 16.9 Å². The molecule has 0 amide bonds. The molecule has 0 aliphatic heterocycles. The van der Waals surface area contributed by atoms with Crippen LogP contribution in [0.5, 0.6) is 5.75 Å². The molecule has 0 unspecified atom stereocenters. The van der Waals surface area contributed by atoms with Gasteiger partial charge in [0.15, 0.2) is 5.65 Å². The molecule has 6 nitrogen and oxygen atoms in total. The monoisotopic (exact) mass is 297 g/mol. The maximum Gasteiger partial charge on any atom is 0.339 e. The van der Waals surface area contributed by atoms with Gasteiger partial charge in [-0.2, -0.15) is 0 Å². The number of para-hydroxylation sites is 1. The van der Waals surface area contributed by atoms with Crippen molar-refractivity contribution in [3.8, 4) is 17.0 Å². The maximum atomic E-state index is 11.3. The number of carbonyl (C=O) groups is 1. The fraction of sp³-hybridized carbons (Fsp3) is 0.125. The first-order chi connectivity index (χ1) is 10.6. The second-order valence-electron chi connectivity index (χ2n) is 4.70. The van der Waals surface area contributed by atoms with Crippen molar-refractivity contribution in [2.24, 2.45) is 0 Å². The molecule has 0 atom stereocenters. The number of pyridine rings is 1. The van der Waals surface area contributed by atoms with Crippen LogP contribution >= 0.6 is 0 Å². The number of benzene rings is 1. The number of hydrogen-bond donors (Lipinski definition) is 2. The van der Waals surface area contributed by atoms with Crippen molar-refractivity contribution < 1.29 is 14.6 Å². The molecule has 0 saturated carbocycles. The molecule has 6 heteroatoms. The fourth-order valence-electron chi connectivity index (χ4n) is 2.39. The third kappa shape index (κ3) is 2.14. The SMILES string of the molecule is CCOc1ccccc1-c1nc2c(C(=O)O)cccn2c1N. The van der Waals surface area contributed by atoms with Crippen LogP contribution in [0.1, 0.15) is 17.3 Å². The predicted octanol–water partition coefficient (Wildman–Crippen LogP) is 2.68. The van der Waals surface area contributed by atoms with Crippen LogP contribution in [0.15, 0.2) is 42.6 Å². The number of ether oxygens (including phenoxy) is 1. The molecule has 3 aromatic rings. The number of hydrogen-bond acceptors (Lipinski definition) is 4. The molecule has 0 aliphatic rings. The van der Waals surface area contributed by atoms with E-state index >= 15 is 0 Å². The first kappa shape index (κ1) is 13.9. The van der Waals surface area contributed by atoms with E-state index in [1.54, 1.807) is 16.7 Å². The minimum absolute atomic E-state index is 0.106. The van der Waals surface area contributed by atoms with E-state index in [0.717, 1.165) is 5.56 Å². The van der Waals surface area contributed by atoms with Crippen molar-refractivity contribution >= 4 is 17.4 Å². The lowest BCUT2D eigenvalue weighted by Crippen LogP contribution is -2.01. The summed E-state index contributed by atoms with van der Waals surface area (Å²) in [6.45, 7) is 2.41. The number of carboxylic acid groups (broad SMARTS) is 1. The maximum absolute atomic E-state index is 11.3. The van der Waals surface area contributed by atoms with Gasteiger partial charge in [0.1, 0.15) is 22.8 Å². The molecule has 2 aromatic heterocycles. The molecule has 0 aliphatic carbocycles. The third-order valence-corrected chi connectivity index (χ3v) is 3.36. The van der Waals surface area contributed by atoms with E-state index in [-0.39, 0.29) is 5.56 Å². The molecular weight excluding hydrogens is 282 g/mol. The van der Waals surface area contributed by atoms with Gasteiger partial charge in [0.05, 0.1) is 6.61 Å². The Labute approximate surface area is 126 Å². The quantitative estimate of drug-likeness (QED) is 0.772. The Kier molecular flexibility index (Phi) is 3.42. The zero-order valence-electron chi connectivity index (χ0n) is 12.0. The highest BCUT2D eigenvalue weighted by Gasteiger charge is 2.19. The Morgan fingerprint density at radius 2 is 2.09 bits per heavy atom. The number of nitrogens with zero attached hydrogens (tertiary/aromatic N) is 2. The normalized spacial score (nSPS) is 10.8. The van der Waals surface area contributed by atoms with Gasteiger partial charge in [0, 0.05) is 11.8 Å². The van der Waals surface area contributed by atoms with Crippen molar-refractivity contribution in [2.75, 3.05) is 12.3 Å². The number of aromatic carboxylic acids is 1. The number of rotatable bonds is 4. The molecule has 3 N–H and O–H groups in total. The molecule has 112 valence electrons. The van der Waals surface area contributed by atoms with Crippen molar-refractivity contribution in [1.29, 1.82) is 0 Å². The zero-order chi connectivity index (χ0) is 15.7. The van der Waals surface area contributed by atoms with Gasteiger partial charge in [-0.05, 0) is 31.2 Å². The molecule has 1 aromatic carbocycles. The Morgan fingerprint density at radius 1 is 1.32 bits per heavy atom. The van der Waals surface area contributed by atoms with E-state index in [4.69, 9.17) is 10.5 Å². The summed E-state index contributed by atoms with van der Waals surface area (Å²) in [5.74, 6) is 0.00229. The van der Waals surface area contributed by atoms with Crippen molar-refractivity contribution in [1.82, 2.24) is 9.38 Å². The molecule has 2 heterocycles. The van der Waals surface area contributed by atoms with Gasteiger partial charge in [-0.25, -0.2) is 9.78 Å². The molecule has 0 fully saturated rings. The summed E-state index contributed by atoms with van der Waals surface area (Å²) in [5.41, 5.74) is 7.83. The lowest BCUT2D eigenvalue weighted by Gasteiger charge is -2.08. The van der Waals surface area contributed by atoms with Crippen LogP contribution in [-0.4, -0.2) is 27.1 Å². The Morgan fingerprint density at radius 3 is 2.82 bits per heavy atom. The van der Waals surface area contributed by atoms with E-state index < -0.39 is 5.97 Å². The Bertz CT molecular complexity index is 855. The highest BCUT2D eigenvalue weighted by molar-refractivity contribution is 5.96. The highest BCUT2D eigenvalue weighted by atomic mass is 16.5. The number of fused-ring (bicyclic) bond motifs is 1. The van der Waals surface area contributed by atoms with Crippen molar-refractivity contribution in [3.63, 3.8) is 0 Å². The highest BCUT2D eigenvalue weighted by Crippen LogP contribution is 2.34. The number of nitrogens with two attached hydrogens (primary N) is 1. The Balaban J connectivity index is 2.27. The van der Waals surface area contributed by atoms with Gasteiger partial charge < -0.3 is 15.6 Å². The summed E-state index contributed by atoms with van der Waals surface area (Å²) < 4.78 is 7.17. The molecule has 22 heavy (non-hydrogen) atoms. The van der Waals surface area contributed by atoms with Crippen molar-refractivity contribution in [3.05, 3.63) is 48.2 Å². The van der Waals surface area contributed by atoms with Crippen LogP contribution in [0.4, 0.5) is 5.82 Å². The van der Waals surface area contributed by atoms with Gasteiger partial charge in [-0.15, -0.1) is 0 Å². The topological polar surface area (TPSA) is 89.8 Å². The fourth-order valence-corrected chi connectivity index (χ4v) is 2.39.